The van der Waals surface area contributed by atoms with Crippen molar-refractivity contribution in [2.75, 3.05) is 18.5 Å². The number of benzene rings is 1. The lowest BCUT2D eigenvalue weighted by Crippen LogP contribution is -2.35. The second kappa shape index (κ2) is 9.49. The van der Waals surface area contributed by atoms with Gasteiger partial charge in [-0.15, -0.1) is 11.3 Å². The van der Waals surface area contributed by atoms with Crippen molar-refractivity contribution in [3.05, 3.63) is 52.9 Å². The Kier molecular flexibility index (Phi) is 6.79. The molecule has 1 N–H and O–H groups in total. The molecular weight excluding hydrogens is 404 g/mol. The minimum Gasteiger partial charge on any atom is -0.452 e. The molecule has 0 atom stereocenters. The normalized spacial score (nSPS) is 13.1. The highest BCUT2D eigenvalue weighted by Crippen LogP contribution is 2.36. The number of anilines is 1. The van der Waals surface area contributed by atoms with Gasteiger partial charge in [-0.05, 0) is 25.8 Å². The van der Waals surface area contributed by atoms with Gasteiger partial charge in [-0.3, -0.25) is 19.3 Å². The van der Waals surface area contributed by atoms with Crippen LogP contribution in [0.25, 0.3) is 11.1 Å². The molecule has 0 spiro atoms. The van der Waals surface area contributed by atoms with E-state index < -0.39 is 18.5 Å². The fourth-order valence-corrected chi connectivity index (χ4v) is 4.04. The summed E-state index contributed by atoms with van der Waals surface area (Å²) < 4.78 is 5.23. The highest BCUT2D eigenvalue weighted by molar-refractivity contribution is 7.15. The topological polar surface area (TPSA) is 92.8 Å². The molecule has 1 fully saturated rings. The predicted molar refractivity (Wildman–Crippen MR) is 114 cm³/mol. The molecule has 1 aromatic carbocycles. The summed E-state index contributed by atoms with van der Waals surface area (Å²) in [7, 11) is 0. The monoisotopic (exact) mass is 426 g/mol. The van der Waals surface area contributed by atoms with Crippen LogP contribution in [0.2, 0.25) is 0 Å². The molecule has 8 heteroatoms. The zero-order valence-corrected chi connectivity index (χ0v) is 17.6. The number of imide groups is 1. The van der Waals surface area contributed by atoms with Gasteiger partial charge in [0.15, 0.2) is 6.61 Å². The Morgan fingerprint density at radius 2 is 1.93 bits per heavy atom. The van der Waals surface area contributed by atoms with Gasteiger partial charge in [-0.25, -0.2) is 4.79 Å². The Morgan fingerprint density at radius 1 is 1.20 bits per heavy atom. The van der Waals surface area contributed by atoms with Crippen molar-refractivity contribution in [2.45, 2.75) is 26.7 Å². The maximum Gasteiger partial charge on any atom is 0.342 e. The lowest BCUT2D eigenvalue weighted by molar-refractivity contribution is -0.143. The summed E-state index contributed by atoms with van der Waals surface area (Å²) >= 11 is 1.20. The largest absolute Gasteiger partial charge is 0.452 e. The van der Waals surface area contributed by atoms with Gasteiger partial charge in [0, 0.05) is 30.0 Å². The number of carbonyl (C=O) groups excluding carboxylic acids is 4. The molecular formula is C22H22N2O5S. The minimum atomic E-state index is -0.734. The first-order chi connectivity index (χ1) is 14.4. The third-order valence-corrected chi connectivity index (χ3v) is 5.33. The SMILES string of the molecule is CC(C)=CC(=O)Nc1scc(-c2ccccc2)c1C(=O)OCC(=O)N1CCCC1=O. The minimum absolute atomic E-state index is 0.183. The van der Waals surface area contributed by atoms with Crippen LogP contribution in [-0.2, 0) is 19.1 Å². The molecule has 0 aliphatic carbocycles. The van der Waals surface area contributed by atoms with Gasteiger partial charge in [0.25, 0.3) is 5.91 Å². The molecule has 0 radical (unpaired) electrons. The molecule has 1 aromatic heterocycles. The Balaban J connectivity index is 1.84. The summed E-state index contributed by atoms with van der Waals surface area (Å²) in [5, 5.41) is 4.81. The first-order valence-electron chi connectivity index (χ1n) is 9.50. The molecule has 156 valence electrons. The number of esters is 1. The van der Waals surface area contributed by atoms with Crippen LogP contribution in [-0.4, -0.2) is 41.7 Å². The van der Waals surface area contributed by atoms with Gasteiger partial charge in [-0.1, -0.05) is 35.9 Å². The zero-order valence-electron chi connectivity index (χ0n) is 16.8. The first-order valence-corrected chi connectivity index (χ1v) is 10.4. The van der Waals surface area contributed by atoms with E-state index in [-0.39, 0.29) is 17.4 Å². The number of carbonyl (C=O) groups is 4. The summed E-state index contributed by atoms with van der Waals surface area (Å²) in [5.41, 5.74) is 2.38. The van der Waals surface area contributed by atoms with Gasteiger partial charge in [0.05, 0.1) is 0 Å². The van der Waals surface area contributed by atoms with E-state index in [1.54, 1.807) is 19.2 Å². The van der Waals surface area contributed by atoms with Crippen LogP contribution in [0.1, 0.15) is 37.0 Å². The molecule has 2 aromatic rings. The summed E-state index contributed by atoms with van der Waals surface area (Å²) in [6.45, 7) is 3.40. The van der Waals surface area contributed by atoms with E-state index in [2.05, 4.69) is 5.32 Å². The Labute approximate surface area is 178 Å². The summed E-state index contributed by atoms with van der Waals surface area (Å²) in [6, 6.07) is 9.22. The van der Waals surface area contributed by atoms with Crippen LogP contribution in [0.15, 0.2) is 47.4 Å². The van der Waals surface area contributed by atoms with E-state index in [4.69, 9.17) is 4.74 Å². The molecule has 1 aliphatic rings. The summed E-state index contributed by atoms with van der Waals surface area (Å²) in [4.78, 5) is 50.1. The van der Waals surface area contributed by atoms with Gasteiger partial charge in [-0.2, -0.15) is 0 Å². The van der Waals surface area contributed by atoms with E-state index in [9.17, 15) is 19.2 Å². The molecule has 0 unspecified atom stereocenters. The Bertz CT molecular complexity index is 1010. The van der Waals surface area contributed by atoms with E-state index in [1.807, 2.05) is 30.3 Å². The second-order valence-corrected chi connectivity index (χ2v) is 7.93. The second-order valence-electron chi connectivity index (χ2n) is 7.05. The lowest BCUT2D eigenvalue weighted by Gasteiger charge is -2.14. The molecule has 1 aliphatic heterocycles. The van der Waals surface area contributed by atoms with Gasteiger partial charge in [0.1, 0.15) is 10.6 Å². The average molecular weight is 426 g/mol. The standard InChI is InChI=1S/C22H22N2O5S/c1-14(2)11-17(25)23-21-20(16(13-30-21)15-7-4-3-5-8-15)22(28)29-12-19(27)24-10-6-9-18(24)26/h3-5,7-8,11,13H,6,9-10,12H2,1-2H3,(H,23,25). The first kappa shape index (κ1) is 21.4. The van der Waals surface area contributed by atoms with Crippen molar-refractivity contribution >= 4 is 40.0 Å². The predicted octanol–water partition coefficient (Wildman–Crippen LogP) is 3.63. The Morgan fingerprint density at radius 3 is 2.57 bits per heavy atom. The lowest BCUT2D eigenvalue weighted by atomic mass is 10.0. The molecule has 2 heterocycles. The molecule has 30 heavy (non-hydrogen) atoms. The van der Waals surface area contributed by atoms with Crippen LogP contribution in [0.3, 0.4) is 0 Å². The fraction of sp³-hybridized carbons (Fsp3) is 0.273. The third-order valence-electron chi connectivity index (χ3n) is 4.44. The number of thiophene rings is 1. The number of nitrogens with one attached hydrogen (secondary N) is 1. The van der Waals surface area contributed by atoms with Crippen molar-refractivity contribution in [3.8, 4) is 11.1 Å². The quantitative estimate of drug-likeness (QED) is 0.563. The fourth-order valence-electron chi connectivity index (χ4n) is 3.08. The van der Waals surface area contributed by atoms with E-state index in [0.717, 1.165) is 16.0 Å². The highest BCUT2D eigenvalue weighted by atomic mass is 32.1. The highest BCUT2D eigenvalue weighted by Gasteiger charge is 2.28. The van der Waals surface area contributed by atoms with Gasteiger partial charge >= 0.3 is 5.97 Å². The van der Waals surface area contributed by atoms with Gasteiger partial charge in [0.2, 0.25) is 11.8 Å². The van der Waals surface area contributed by atoms with E-state index >= 15 is 0 Å². The number of hydrogen-bond donors (Lipinski definition) is 1. The van der Waals surface area contributed by atoms with E-state index in [0.29, 0.717) is 30.0 Å². The van der Waals surface area contributed by atoms with Crippen LogP contribution in [0, 0.1) is 0 Å². The smallest absolute Gasteiger partial charge is 0.342 e. The average Bonchev–Trinajstić information content (AvgIpc) is 3.32. The summed E-state index contributed by atoms with van der Waals surface area (Å²) in [6.07, 6.45) is 2.37. The van der Waals surface area contributed by atoms with Crippen molar-refractivity contribution in [2.24, 2.45) is 0 Å². The van der Waals surface area contributed by atoms with Crippen LogP contribution < -0.4 is 5.32 Å². The molecule has 3 rings (SSSR count). The van der Waals surface area contributed by atoms with Crippen molar-refractivity contribution < 1.29 is 23.9 Å². The maximum absolute atomic E-state index is 12.9. The summed E-state index contributed by atoms with van der Waals surface area (Å²) in [5.74, 6) is -1.89. The van der Waals surface area contributed by atoms with Crippen molar-refractivity contribution in [3.63, 3.8) is 0 Å². The van der Waals surface area contributed by atoms with Crippen LogP contribution >= 0.6 is 11.3 Å². The number of amides is 3. The number of allylic oxidation sites excluding steroid dienone is 1. The molecule has 1 saturated heterocycles. The van der Waals surface area contributed by atoms with Crippen LogP contribution in [0.4, 0.5) is 5.00 Å². The number of nitrogens with zero attached hydrogens (tertiary/aromatic N) is 1. The maximum atomic E-state index is 12.9. The van der Waals surface area contributed by atoms with Gasteiger partial charge < -0.3 is 10.1 Å². The Hall–Kier alpha value is -3.26. The molecule has 7 nitrogen and oxygen atoms in total. The number of likely N-dealkylation sites (tertiary alicyclic amines) is 1. The molecule has 0 saturated carbocycles. The van der Waals surface area contributed by atoms with E-state index in [1.165, 1.54) is 17.4 Å². The molecule has 3 amide bonds. The zero-order chi connectivity index (χ0) is 21.7. The van der Waals surface area contributed by atoms with Crippen molar-refractivity contribution in [1.82, 2.24) is 4.90 Å². The molecule has 0 bridgehead atoms. The van der Waals surface area contributed by atoms with Crippen molar-refractivity contribution in [1.29, 1.82) is 0 Å². The number of hydrogen-bond acceptors (Lipinski definition) is 6. The van der Waals surface area contributed by atoms with Crippen LogP contribution in [0.5, 0.6) is 0 Å². The third kappa shape index (κ3) is 5.01. The number of rotatable bonds is 6. The number of ether oxygens (including phenoxy) is 1.